The first kappa shape index (κ1) is 15.7. The molecule has 0 radical (unpaired) electrons. The maximum Gasteiger partial charge on any atom is 0.387 e. The number of hydrogen-bond acceptors (Lipinski definition) is 4. The lowest BCUT2D eigenvalue weighted by molar-refractivity contribution is -0.0504. The molecule has 6 nitrogen and oxygen atoms in total. The van der Waals surface area contributed by atoms with Crippen LogP contribution in [-0.2, 0) is 16.6 Å². The number of halogens is 3. The zero-order valence-corrected chi connectivity index (χ0v) is 12.0. The van der Waals surface area contributed by atoms with Gasteiger partial charge in [-0.2, -0.15) is 8.78 Å². The van der Waals surface area contributed by atoms with Crippen molar-refractivity contribution in [2.45, 2.75) is 18.2 Å². The number of alkyl halides is 2. The molecule has 2 aromatic rings. The monoisotopic (exact) mass is 337 g/mol. The van der Waals surface area contributed by atoms with Crippen molar-refractivity contribution in [2.75, 3.05) is 0 Å². The second kappa shape index (κ2) is 6.37. The Morgan fingerprint density at radius 1 is 1.43 bits per heavy atom. The zero-order chi connectivity index (χ0) is 15.5. The molecule has 2 N–H and O–H groups in total. The summed E-state index contributed by atoms with van der Waals surface area (Å²) < 4.78 is 54.9. The van der Waals surface area contributed by atoms with Crippen LogP contribution in [0.25, 0.3) is 0 Å². The van der Waals surface area contributed by atoms with Crippen molar-refractivity contribution >= 4 is 21.6 Å². The molecule has 10 heteroatoms. The van der Waals surface area contributed by atoms with E-state index in [-0.39, 0.29) is 27.9 Å². The van der Waals surface area contributed by atoms with Crippen LogP contribution in [0.3, 0.4) is 0 Å². The lowest BCUT2D eigenvalue weighted by atomic mass is 10.2. The Morgan fingerprint density at radius 2 is 2.19 bits per heavy atom. The molecule has 0 atom stereocenters. The van der Waals surface area contributed by atoms with Crippen molar-refractivity contribution < 1.29 is 21.9 Å². The number of benzene rings is 1. The molecule has 0 aliphatic heterocycles. The minimum absolute atomic E-state index is 0.138. The van der Waals surface area contributed by atoms with E-state index < -0.39 is 16.6 Å². The molecule has 0 fully saturated rings. The first-order chi connectivity index (χ1) is 9.88. The van der Waals surface area contributed by atoms with Crippen molar-refractivity contribution in [3.63, 3.8) is 0 Å². The van der Waals surface area contributed by atoms with Crippen LogP contribution in [0.4, 0.5) is 8.78 Å². The molecule has 1 aromatic heterocycles. The zero-order valence-electron chi connectivity index (χ0n) is 10.4. The van der Waals surface area contributed by atoms with E-state index in [1.807, 2.05) is 0 Å². The number of rotatable bonds is 6. The number of sulfonamides is 1. The summed E-state index contributed by atoms with van der Waals surface area (Å²) in [5, 5.41) is 0.133. The first-order valence-corrected chi connectivity index (χ1v) is 7.46. The van der Waals surface area contributed by atoms with E-state index >= 15 is 0 Å². The van der Waals surface area contributed by atoms with E-state index in [0.717, 1.165) is 6.20 Å². The molecular formula is C11H10ClF2N3O3S. The third-order valence-corrected chi connectivity index (χ3v) is 4.02. The van der Waals surface area contributed by atoms with Crippen molar-refractivity contribution in [2.24, 2.45) is 0 Å². The van der Waals surface area contributed by atoms with Crippen LogP contribution in [0.5, 0.6) is 5.75 Å². The lowest BCUT2D eigenvalue weighted by Gasteiger charge is -2.11. The maximum atomic E-state index is 12.3. The number of nitrogens with zero attached hydrogens (tertiary/aromatic N) is 1. The highest BCUT2D eigenvalue weighted by Gasteiger charge is 2.17. The van der Waals surface area contributed by atoms with Crippen molar-refractivity contribution in [1.82, 2.24) is 14.7 Å². The van der Waals surface area contributed by atoms with Crippen LogP contribution in [0.2, 0.25) is 5.02 Å². The molecule has 2 rings (SSSR count). The summed E-state index contributed by atoms with van der Waals surface area (Å²) in [5.74, 6) is -0.151. The van der Waals surface area contributed by atoms with Gasteiger partial charge in [-0.05, 0) is 18.2 Å². The molecule has 0 aliphatic rings. The number of H-pyrrole nitrogens is 1. The Hall–Kier alpha value is -1.71. The average molecular weight is 338 g/mol. The quantitative estimate of drug-likeness (QED) is 0.846. The van der Waals surface area contributed by atoms with Crippen LogP contribution in [0, 0.1) is 0 Å². The summed E-state index contributed by atoms with van der Waals surface area (Å²) in [7, 11) is -3.83. The molecule has 0 saturated heterocycles. The molecule has 1 aromatic carbocycles. The summed E-state index contributed by atoms with van der Waals surface area (Å²) in [5.41, 5.74) is 0.186. The van der Waals surface area contributed by atoms with Crippen LogP contribution < -0.4 is 9.46 Å². The normalized spacial score (nSPS) is 11.8. The second-order valence-corrected chi connectivity index (χ2v) is 6.04. The van der Waals surface area contributed by atoms with Crippen LogP contribution >= 0.6 is 11.6 Å². The van der Waals surface area contributed by atoms with Gasteiger partial charge < -0.3 is 9.72 Å². The molecule has 1 heterocycles. The number of imidazole rings is 1. The van der Waals surface area contributed by atoms with E-state index in [1.54, 1.807) is 0 Å². The average Bonchev–Trinajstić information content (AvgIpc) is 2.93. The van der Waals surface area contributed by atoms with E-state index in [0.29, 0.717) is 0 Å². The van der Waals surface area contributed by atoms with Gasteiger partial charge in [-0.3, -0.25) is 0 Å². The van der Waals surface area contributed by atoms with Gasteiger partial charge in [0.1, 0.15) is 5.75 Å². The Labute approximate surface area is 124 Å². The number of ether oxygens (including phenoxy) is 1. The highest BCUT2D eigenvalue weighted by molar-refractivity contribution is 7.89. The topological polar surface area (TPSA) is 84.1 Å². The molecule has 0 aliphatic carbocycles. The molecule has 0 bridgehead atoms. The molecule has 0 saturated carbocycles. The van der Waals surface area contributed by atoms with E-state index in [4.69, 9.17) is 11.6 Å². The fourth-order valence-corrected chi connectivity index (χ4v) is 2.64. The fourth-order valence-electron chi connectivity index (χ4n) is 1.54. The van der Waals surface area contributed by atoms with Gasteiger partial charge in [0.25, 0.3) is 10.0 Å². The molecule has 21 heavy (non-hydrogen) atoms. The van der Waals surface area contributed by atoms with Crippen LogP contribution in [0.1, 0.15) is 5.56 Å². The molecule has 0 spiro atoms. The van der Waals surface area contributed by atoms with E-state index in [2.05, 4.69) is 19.4 Å². The van der Waals surface area contributed by atoms with Crippen molar-refractivity contribution in [3.8, 4) is 5.75 Å². The van der Waals surface area contributed by atoms with Gasteiger partial charge in [-0.15, -0.1) is 0 Å². The number of aromatic amines is 1. The van der Waals surface area contributed by atoms with E-state index in [9.17, 15) is 17.2 Å². The number of hydrogen-bond donors (Lipinski definition) is 2. The van der Waals surface area contributed by atoms with Gasteiger partial charge in [-0.1, -0.05) is 11.6 Å². The lowest BCUT2D eigenvalue weighted by Crippen LogP contribution is -2.24. The highest BCUT2D eigenvalue weighted by Crippen LogP contribution is 2.24. The highest BCUT2D eigenvalue weighted by atomic mass is 35.5. The predicted molar refractivity (Wildman–Crippen MR) is 70.7 cm³/mol. The fraction of sp³-hybridized carbons (Fsp3) is 0.182. The minimum Gasteiger partial charge on any atom is -0.434 e. The Kier molecular flexibility index (Phi) is 4.76. The Morgan fingerprint density at radius 3 is 2.81 bits per heavy atom. The van der Waals surface area contributed by atoms with Crippen LogP contribution in [-0.4, -0.2) is 25.0 Å². The molecular weight excluding hydrogens is 328 g/mol. The van der Waals surface area contributed by atoms with Crippen molar-refractivity contribution in [3.05, 3.63) is 41.3 Å². The maximum absolute atomic E-state index is 12.3. The molecule has 0 amide bonds. The largest absolute Gasteiger partial charge is 0.434 e. The summed E-state index contributed by atoms with van der Waals surface area (Å²) >= 11 is 5.77. The summed E-state index contributed by atoms with van der Waals surface area (Å²) in [4.78, 5) is 6.03. The Bertz CT molecular complexity index is 708. The molecule has 114 valence electrons. The van der Waals surface area contributed by atoms with Gasteiger partial charge in [-0.25, -0.2) is 18.1 Å². The Balaban J connectivity index is 2.18. The van der Waals surface area contributed by atoms with Gasteiger partial charge >= 0.3 is 6.61 Å². The van der Waals surface area contributed by atoms with Gasteiger partial charge in [0.15, 0.2) is 5.03 Å². The van der Waals surface area contributed by atoms with Gasteiger partial charge in [0, 0.05) is 17.1 Å². The van der Waals surface area contributed by atoms with Crippen LogP contribution in [0.15, 0.2) is 35.7 Å². The SMILES string of the molecule is O=S(=O)(NCc1cc(Cl)ccc1OC(F)F)c1cnc[nH]1. The standard InChI is InChI=1S/C11H10ClF2N3O3S/c12-8-1-2-9(20-11(13)14)7(3-8)4-17-21(18,19)10-5-15-6-16-10/h1-3,5-6,11,17H,4H2,(H,15,16). The smallest absolute Gasteiger partial charge is 0.387 e. The third-order valence-electron chi connectivity index (χ3n) is 2.45. The predicted octanol–water partition coefficient (Wildman–Crippen LogP) is 2.14. The van der Waals surface area contributed by atoms with Gasteiger partial charge in [0.2, 0.25) is 0 Å². The minimum atomic E-state index is -3.83. The first-order valence-electron chi connectivity index (χ1n) is 5.60. The number of aromatic nitrogens is 2. The van der Waals surface area contributed by atoms with Crippen molar-refractivity contribution in [1.29, 1.82) is 0 Å². The number of nitrogens with one attached hydrogen (secondary N) is 2. The summed E-state index contributed by atoms with van der Waals surface area (Å²) in [6, 6.07) is 3.95. The second-order valence-electron chi connectivity index (χ2n) is 3.87. The van der Waals surface area contributed by atoms with Gasteiger partial charge in [0.05, 0.1) is 12.5 Å². The molecule has 0 unspecified atom stereocenters. The summed E-state index contributed by atoms with van der Waals surface area (Å²) in [6.07, 6.45) is 2.33. The van der Waals surface area contributed by atoms with E-state index in [1.165, 1.54) is 24.5 Å². The third kappa shape index (κ3) is 4.13. The summed E-state index contributed by atoms with van der Waals surface area (Å²) in [6.45, 7) is -3.28.